The number of rotatable bonds is 12. The van der Waals surface area contributed by atoms with E-state index in [1.807, 2.05) is 0 Å². The monoisotopic (exact) mass is 316 g/mol. The zero-order valence-electron chi connectivity index (χ0n) is 16.7. The molecule has 0 saturated heterocycles. The third-order valence-corrected chi connectivity index (χ3v) is 4.29. The summed E-state index contributed by atoms with van der Waals surface area (Å²) in [6.45, 7) is 13.5. The average Bonchev–Trinajstić information content (AvgIpc) is 2.47. The Morgan fingerprint density at radius 1 is 0.522 bits per heavy atom. The first-order valence-corrected chi connectivity index (χ1v) is 9.62. The van der Waals surface area contributed by atoms with Gasteiger partial charge in [0.1, 0.15) is 0 Å². The summed E-state index contributed by atoms with van der Waals surface area (Å²) in [6, 6.07) is 0. The molecule has 132 valence electrons. The molecule has 0 unspecified atom stereocenters. The zero-order valence-corrected chi connectivity index (χ0v) is 16.7. The van der Waals surface area contributed by atoms with Gasteiger partial charge in [0.05, 0.1) is 0 Å². The van der Waals surface area contributed by atoms with Crippen LogP contribution in [0, 0.1) is 0 Å². The maximum absolute atomic E-state index is 2.43. The van der Waals surface area contributed by atoms with Crippen molar-refractivity contribution >= 4 is 0 Å². The SMILES string of the molecule is CC/C=C(/C)CC/C=C(/C)CC/C=C(/C)CC/C=C(/C)CCC. The summed E-state index contributed by atoms with van der Waals surface area (Å²) in [7, 11) is 0. The van der Waals surface area contributed by atoms with Crippen LogP contribution in [0.3, 0.4) is 0 Å². The third-order valence-electron chi connectivity index (χ3n) is 4.29. The standard InChI is InChI=1S/C23H40/c1-7-12-20(3)14-9-16-22(5)18-11-19-23(6)17-10-15-21(4)13-8-2/h12,15-16,19H,7-11,13-14,17-18H2,1-6H3/b20-12-,21-15-,22-16-,23-19-. The lowest BCUT2D eigenvalue weighted by Gasteiger charge is -2.03. The Bertz CT molecular complexity index is 415. The molecule has 0 aromatic carbocycles. The lowest BCUT2D eigenvalue weighted by atomic mass is 10.0. The second kappa shape index (κ2) is 14.5. The van der Waals surface area contributed by atoms with Gasteiger partial charge in [-0.3, -0.25) is 0 Å². The normalized spacial score (nSPS) is 14.5. The van der Waals surface area contributed by atoms with E-state index in [2.05, 4.69) is 65.8 Å². The molecule has 0 amide bonds. The lowest BCUT2D eigenvalue weighted by Crippen LogP contribution is -1.82. The molecule has 0 saturated carbocycles. The second-order valence-electron chi connectivity index (χ2n) is 6.98. The Balaban J connectivity index is 3.97. The molecule has 0 N–H and O–H groups in total. The number of allylic oxidation sites excluding steroid dienone is 8. The summed E-state index contributed by atoms with van der Waals surface area (Å²) in [5.74, 6) is 0. The van der Waals surface area contributed by atoms with Crippen LogP contribution >= 0.6 is 0 Å². The van der Waals surface area contributed by atoms with Crippen LogP contribution in [0.2, 0.25) is 0 Å². The van der Waals surface area contributed by atoms with Crippen LogP contribution in [-0.4, -0.2) is 0 Å². The summed E-state index contributed by atoms with van der Waals surface area (Å²) >= 11 is 0. The lowest BCUT2D eigenvalue weighted by molar-refractivity contribution is 0.873. The highest BCUT2D eigenvalue weighted by Crippen LogP contribution is 2.14. The third kappa shape index (κ3) is 14.3. The molecule has 0 radical (unpaired) electrons. The van der Waals surface area contributed by atoms with Gasteiger partial charge in [-0.05, 0) is 79.1 Å². The van der Waals surface area contributed by atoms with Gasteiger partial charge in [-0.1, -0.05) is 66.9 Å². The van der Waals surface area contributed by atoms with Crippen LogP contribution < -0.4 is 0 Å². The molecular formula is C23H40. The van der Waals surface area contributed by atoms with Gasteiger partial charge in [0.2, 0.25) is 0 Å². The summed E-state index contributed by atoms with van der Waals surface area (Å²) < 4.78 is 0. The molecular weight excluding hydrogens is 276 g/mol. The van der Waals surface area contributed by atoms with E-state index in [1.165, 1.54) is 62.5 Å². The van der Waals surface area contributed by atoms with Gasteiger partial charge in [0, 0.05) is 0 Å². The molecule has 0 heteroatoms. The van der Waals surface area contributed by atoms with Crippen molar-refractivity contribution in [3.05, 3.63) is 46.6 Å². The minimum Gasteiger partial charge on any atom is -0.0859 e. The van der Waals surface area contributed by atoms with Gasteiger partial charge < -0.3 is 0 Å². The molecule has 23 heavy (non-hydrogen) atoms. The van der Waals surface area contributed by atoms with Crippen LogP contribution in [0.25, 0.3) is 0 Å². The largest absolute Gasteiger partial charge is 0.0859 e. The van der Waals surface area contributed by atoms with E-state index in [4.69, 9.17) is 0 Å². The fraction of sp³-hybridized carbons (Fsp3) is 0.652. The highest BCUT2D eigenvalue weighted by atomic mass is 14.0. The van der Waals surface area contributed by atoms with E-state index in [1.54, 1.807) is 11.1 Å². The number of hydrogen-bond acceptors (Lipinski definition) is 0. The van der Waals surface area contributed by atoms with E-state index < -0.39 is 0 Å². The van der Waals surface area contributed by atoms with Crippen molar-refractivity contribution in [3.8, 4) is 0 Å². The van der Waals surface area contributed by atoms with Crippen molar-refractivity contribution in [2.24, 2.45) is 0 Å². The summed E-state index contributed by atoms with van der Waals surface area (Å²) in [5.41, 5.74) is 6.15. The van der Waals surface area contributed by atoms with Crippen LogP contribution in [0.1, 0.15) is 99.3 Å². The molecule has 0 spiro atoms. The zero-order chi connectivity index (χ0) is 17.5. The van der Waals surface area contributed by atoms with Crippen LogP contribution in [0.15, 0.2) is 46.6 Å². The maximum atomic E-state index is 2.43. The van der Waals surface area contributed by atoms with Gasteiger partial charge >= 0.3 is 0 Å². The molecule has 0 rings (SSSR count). The van der Waals surface area contributed by atoms with Crippen LogP contribution in [0.5, 0.6) is 0 Å². The molecule has 0 aromatic rings. The second-order valence-corrected chi connectivity index (χ2v) is 6.98. The molecule has 0 aromatic heterocycles. The molecule has 0 bridgehead atoms. The predicted molar refractivity (Wildman–Crippen MR) is 108 cm³/mol. The van der Waals surface area contributed by atoms with Crippen LogP contribution in [0.4, 0.5) is 0 Å². The van der Waals surface area contributed by atoms with E-state index in [0.717, 1.165) is 6.42 Å². The van der Waals surface area contributed by atoms with Crippen molar-refractivity contribution in [3.63, 3.8) is 0 Å². The molecule has 0 atom stereocenters. The first kappa shape index (κ1) is 22.0. The Labute approximate surface area is 146 Å². The van der Waals surface area contributed by atoms with Gasteiger partial charge in [-0.25, -0.2) is 0 Å². The summed E-state index contributed by atoms with van der Waals surface area (Å²) in [4.78, 5) is 0. The summed E-state index contributed by atoms with van der Waals surface area (Å²) in [5, 5.41) is 0. The fourth-order valence-corrected chi connectivity index (χ4v) is 2.79. The van der Waals surface area contributed by atoms with Crippen molar-refractivity contribution in [2.45, 2.75) is 99.3 Å². The van der Waals surface area contributed by atoms with Crippen LogP contribution in [-0.2, 0) is 0 Å². The Morgan fingerprint density at radius 2 is 0.870 bits per heavy atom. The topological polar surface area (TPSA) is 0 Å². The first-order valence-electron chi connectivity index (χ1n) is 9.62. The van der Waals surface area contributed by atoms with Crippen molar-refractivity contribution in [1.29, 1.82) is 0 Å². The van der Waals surface area contributed by atoms with Crippen molar-refractivity contribution in [2.75, 3.05) is 0 Å². The van der Waals surface area contributed by atoms with Crippen molar-refractivity contribution in [1.82, 2.24) is 0 Å². The first-order chi connectivity index (χ1) is 11.0. The van der Waals surface area contributed by atoms with E-state index in [0.29, 0.717) is 0 Å². The summed E-state index contributed by atoms with van der Waals surface area (Å²) in [6.07, 6.45) is 20.5. The molecule has 0 fully saturated rings. The van der Waals surface area contributed by atoms with E-state index >= 15 is 0 Å². The smallest absolute Gasteiger partial charge is 0.0288 e. The van der Waals surface area contributed by atoms with Crippen molar-refractivity contribution < 1.29 is 0 Å². The van der Waals surface area contributed by atoms with Gasteiger partial charge in [0.25, 0.3) is 0 Å². The van der Waals surface area contributed by atoms with Gasteiger partial charge in [-0.2, -0.15) is 0 Å². The predicted octanol–water partition coefficient (Wildman–Crippen LogP) is 8.32. The van der Waals surface area contributed by atoms with E-state index in [-0.39, 0.29) is 0 Å². The Kier molecular flexibility index (Phi) is 13.9. The maximum Gasteiger partial charge on any atom is -0.0288 e. The minimum atomic E-state index is 1.16. The van der Waals surface area contributed by atoms with Gasteiger partial charge in [-0.15, -0.1) is 0 Å². The number of hydrogen-bond donors (Lipinski definition) is 0. The molecule has 0 nitrogen and oxygen atoms in total. The highest BCUT2D eigenvalue weighted by molar-refractivity contribution is 5.07. The average molecular weight is 317 g/mol. The molecule has 0 heterocycles. The van der Waals surface area contributed by atoms with E-state index in [9.17, 15) is 0 Å². The van der Waals surface area contributed by atoms with Gasteiger partial charge in [0.15, 0.2) is 0 Å². The molecule has 0 aliphatic carbocycles. The quantitative estimate of drug-likeness (QED) is 0.317. The molecule has 0 aliphatic rings. The Morgan fingerprint density at radius 3 is 1.22 bits per heavy atom. The minimum absolute atomic E-state index is 1.16. The fourth-order valence-electron chi connectivity index (χ4n) is 2.79. The molecule has 0 aliphatic heterocycles. The Hall–Kier alpha value is -1.04. The highest BCUT2D eigenvalue weighted by Gasteiger charge is 1.94.